The van der Waals surface area contributed by atoms with Crippen LogP contribution in [0.15, 0.2) is 39.7 Å². The first-order valence-corrected chi connectivity index (χ1v) is 7.38. The molecule has 0 unspecified atom stereocenters. The number of nitro benzene ring substituents is 1. The van der Waals surface area contributed by atoms with Crippen molar-refractivity contribution in [3.05, 3.63) is 46.2 Å². The maximum absolute atomic E-state index is 10.9. The molecule has 7 nitrogen and oxygen atoms in total. The molecular weight excluding hydrogens is 298 g/mol. The third-order valence-electron chi connectivity index (χ3n) is 3.73. The highest BCUT2D eigenvalue weighted by atomic mass is 16.6. The minimum absolute atomic E-state index is 0.0323. The number of hydrogen-bond donors (Lipinski definition) is 0. The van der Waals surface area contributed by atoms with Crippen LogP contribution < -0.4 is 9.64 Å². The molecule has 0 bridgehead atoms. The Morgan fingerprint density at radius 2 is 2.09 bits per heavy atom. The fourth-order valence-corrected chi connectivity index (χ4v) is 2.55. The van der Waals surface area contributed by atoms with Crippen molar-refractivity contribution < 1.29 is 14.1 Å². The van der Waals surface area contributed by atoms with E-state index in [0.717, 1.165) is 19.0 Å². The Kier molecular flexibility index (Phi) is 4.27. The summed E-state index contributed by atoms with van der Waals surface area (Å²) >= 11 is 0. The summed E-state index contributed by atoms with van der Waals surface area (Å²) in [5, 5.41) is 10.9. The Bertz CT molecular complexity index is 733. The van der Waals surface area contributed by atoms with Crippen LogP contribution in [0.4, 0.5) is 17.3 Å². The average Bonchev–Trinajstić information content (AvgIpc) is 3.23. The number of hydrogen-bond acceptors (Lipinski definition) is 6. The van der Waals surface area contributed by atoms with Crippen molar-refractivity contribution in [3.8, 4) is 5.75 Å². The molecule has 23 heavy (non-hydrogen) atoms. The maximum atomic E-state index is 10.9. The molecule has 0 atom stereocenters. The summed E-state index contributed by atoms with van der Waals surface area (Å²) in [7, 11) is 1.50. The van der Waals surface area contributed by atoms with Gasteiger partial charge < -0.3 is 14.1 Å². The largest absolute Gasteiger partial charge is 0.494 e. The summed E-state index contributed by atoms with van der Waals surface area (Å²) in [6, 6.07) is 8.04. The number of furan rings is 1. The molecule has 7 heteroatoms. The first kappa shape index (κ1) is 15.1. The van der Waals surface area contributed by atoms with Gasteiger partial charge >= 0.3 is 0 Å². The van der Waals surface area contributed by atoms with Gasteiger partial charge in [-0.25, -0.2) is 4.99 Å². The monoisotopic (exact) mass is 315 g/mol. The Morgan fingerprint density at radius 3 is 2.78 bits per heavy atom. The van der Waals surface area contributed by atoms with Crippen molar-refractivity contribution in [2.75, 3.05) is 25.1 Å². The van der Waals surface area contributed by atoms with Gasteiger partial charge in [-0.3, -0.25) is 10.1 Å². The van der Waals surface area contributed by atoms with Crippen molar-refractivity contribution in [2.24, 2.45) is 4.99 Å². The van der Waals surface area contributed by atoms with Crippen LogP contribution in [0.5, 0.6) is 5.75 Å². The molecule has 1 aliphatic heterocycles. The van der Waals surface area contributed by atoms with Crippen molar-refractivity contribution in [3.63, 3.8) is 0 Å². The minimum atomic E-state index is -0.461. The van der Waals surface area contributed by atoms with Crippen LogP contribution in [0, 0.1) is 10.1 Å². The lowest BCUT2D eigenvalue weighted by molar-refractivity contribution is -0.384. The van der Waals surface area contributed by atoms with Gasteiger partial charge in [0.25, 0.3) is 5.69 Å². The molecule has 1 aromatic heterocycles. The van der Waals surface area contributed by atoms with Gasteiger partial charge in [-0.15, -0.1) is 0 Å². The van der Waals surface area contributed by atoms with Crippen LogP contribution in [-0.2, 0) is 0 Å². The molecule has 1 aliphatic rings. The predicted molar refractivity (Wildman–Crippen MR) is 87.1 cm³/mol. The van der Waals surface area contributed by atoms with E-state index in [1.165, 1.54) is 38.2 Å². The first-order chi connectivity index (χ1) is 11.2. The third kappa shape index (κ3) is 3.33. The molecule has 0 aliphatic carbocycles. The van der Waals surface area contributed by atoms with E-state index in [1.807, 2.05) is 12.1 Å². The molecule has 1 aromatic carbocycles. The summed E-state index contributed by atoms with van der Waals surface area (Å²) < 4.78 is 10.9. The number of nitrogens with zero attached hydrogens (tertiary/aromatic N) is 3. The summed E-state index contributed by atoms with van der Waals surface area (Å²) in [4.78, 5) is 16.9. The van der Waals surface area contributed by atoms with Crippen LogP contribution in [0.1, 0.15) is 18.6 Å². The molecule has 0 amide bonds. The second kappa shape index (κ2) is 6.51. The van der Waals surface area contributed by atoms with Crippen LogP contribution >= 0.6 is 0 Å². The molecule has 1 fully saturated rings. The van der Waals surface area contributed by atoms with Crippen molar-refractivity contribution in [1.82, 2.24) is 0 Å². The van der Waals surface area contributed by atoms with E-state index in [0.29, 0.717) is 17.2 Å². The summed E-state index contributed by atoms with van der Waals surface area (Å²) in [5.41, 5.74) is 0.357. The topological polar surface area (TPSA) is 81.1 Å². The molecule has 2 aromatic rings. The van der Waals surface area contributed by atoms with Gasteiger partial charge in [0.1, 0.15) is 17.2 Å². The van der Waals surface area contributed by atoms with Crippen molar-refractivity contribution >= 4 is 23.5 Å². The second-order valence-corrected chi connectivity index (χ2v) is 5.24. The molecule has 0 radical (unpaired) electrons. The summed E-state index contributed by atoms with van der Waals surface area (Å²) in [6.45, 7) is 2.01. The predicted octanol–water partition coefficient (Wildman–Crippen LogP) is 3.55. The van der Waals surface area contributed by atoms with Crippen LogP contribution in [0.2, 0.25) is 0 Å². The molecule has 2 heterocycles. The van der Waals surface area contributed by atoms with E-state index in [4.69, 9.17) is 9.15 Å². The summed E-state index contributed by atoms with van der Waals surface area (Å²) in [5.74, 6) is 1.90. The quantitative estimate of drug-likeness (QED) is 0.479. The number of nitro groups is 1. The lowest BCUT2D eigenvalue weighted by atomic mass is 10.2. The lowest BCUT2D eigenvalue weighted by Crippen LogP contribution is -2.16. The molecule has 3 rings (SSSR count). The molecule has 0 N–H and O–H groups in total. The van der Waals surface area contributed by atoms with Gasteiger partial charge in [-0.05, 0) is 25.0 Å². The Hall–Kier alpha value is -2.83. The molecule has 0 spiro atoms. The minimum Gasteiger partial charge on any atom is -0.494 e. The first-order valence-electron chi connectivity index (χ1n) is 7.38. The molecule has 120 valence electrons. The highest BCUT2D eigenvalue weighted by molar-refractivity contribution is 5.80. The maximum Gasteiger partial charge on any atom is 0.271 e. The van der Waals surface area contributed by atoms with E-state index in [9.17, 15) is 10.1 Å². The average molecular weight is 315 g/mol. The van der Waals surface area contributed by atoms with Gasteiger partial charge in [0.2, 0.25) is 0 Å². The van der Waals surface area contributed by atoms with E-state index in [-0.39, 0.29) is 5.69 Å². The highest BCUT2D eigenvalue weighted by Crippen LogP contribution is 2.31. The van der Waals surface area contributed by atoms with Gasteiger partial charge in [0.05, 0.1) is 18.2 Å². The SMILES string of the molecule is COc1ccc([N+](=O)[O-])cc1N=Cc1ccc(N2CCCC2)o1. The Morgan fingerprint density at radius 1 is 1.30 bits per heavy atom. The van der Waals surface area contributed by atoms with E-state index < -0.39 is 4.92 Å². The fraction of sp³-hybridized carbons (Fsp3) is 0.312. The van der Waals surface area contributed by atoms with Gasteiger partial charge in [-0.1, -0.05) is 0 Å². The number of benzene rings is 1. The van der Waals surface area contributed by atoms with Gasteiger partial charge in [0.15, 0.2) is 5.88 Å². The van der Waals surface area contributed by atoms with Gasteiger partial charge in [-0.2, -0.15) is 0 Å². The molecule has 1 saturated heterocycles. The number of anilines is 1. The van der Waals surface area contributed by atoms with E-state index >= 15 is 0 Å². The fourth-order valence-electron chi connectivity index (χ4n) is 2.55. The number of ether oxygens (including phenoxy) is 1. The Labute approximate surface area is 133 Å². The Balaban J connectivity index is 1.81. The van der Waals surface area contributed by atoms with Crippen molar-refractivity contribution in [2.45, 2.75) is 12.8 Å². The smallest absolute Gasteiger partial charge is 0.271 e. The van der Waals surface area contributed by atoms with Gasteiger partial charge in [0, 0.05) is 31.3 Å². The zero-order valence-corrected chi connectivity index (χ0v) is 12.8. The number of methoxy groups -OCH3 is 1. The molecule has 0 saturated carbocycles. The highest BCUT2D eigenvalue weighted by Gasteiger charge is 2.15. The second-order valence-electron chi connectivity index (χ2n) is 5.24. The van der Waals surface area contributed by atoms with Crippen LogP contribution in [-0.4, -0.2) is 31.3 Å². The van der Waals surface area contributed by atoms with Crippen LogP contribution in [0.25, 0.3) is 0 Å². The number of non-ortho nitro benzene ring substituents is 1. The number of aliphatic imine (C=N–C) groups is 1. The lowest BCUT2D eigenvalue weighted by Gasteiger charge is -2.12. The van der Waals surface area contributed by atoms with Crippen molar-refractivity contribution in [1.29, 1.82) is 0 Å². The summed E-state index contributed by atoms with van der Waals surface area (Å²) in [6.07, 6.45) is 3.89. The zero-order chi connectivity index (χ0) is 16.2. The van der Waals surface area contributed by atoms with E-state index in [1.54, 1.807) is 6.21 Å². The van der Waals surface area contributed by atoms with Crippen LogP contribution in [0.3, 0.4) is 0 Å². The molecular formula is C16H17N3O4. The zero-order valence-electron chi connectivity index (χ0n) is 12.8. The number of rotatable bonds is 5. The van der Waals surface area contributed by atoms with E-state index in [2.05, 4.69) is 9.89 Å². The normalized spacial score (nSPS) is 14.6. The standard InChI is InChI=1S/C16H17N3O4/c1-22-15-6-4-12(19(20)21)10-14(15)17-11-13-5-7-16(23-13)18-8-2-3-9-18/h4-7,10-11H,2-3,8-9H2,1H3. The third-order valence-corrected chi connectivity index (χ3v) is 3.73.